The Labute approximate surface area is 190 Å². The fourth-order valence-electron chi connectivity index (χ4n) is 2.20. The molecule has 0 fully saturated rings. The first-order chi connectivity index (χ1) is 14.6. The van der Waals surface area contributed by atoms with E-state index in [4.69, 9.17) is 4.74 Å². The van der Waals surface area contributed by atoms with Crippen LogP contribution in [0.5, 0.6) is 0 Å². The first-order valence-electron chi connectivity index (χ1n) is 9.14. The van der Waals surface area contributed by atoms with Crippen LogP contribution in [-0.2, 0) is 23.9 Å². The van der Waals surface area contributed by atoms with E-state index in [1.165, 1.54) is 50.6 Å². The van der Waals surface area contributed by atoms with Gasteiger partial charge in [0.2, 0.25) is 17.7 Å². The van der Waals surface area contributed by atoms with E-state index in [9.17, 15) is 29.1 Å². The SMILES string of the molecule is C=CCOC(=O)NCC(=O)N(C)[C@@H](CSCNC(C)=O)C(=O)N(C)[C@@H](CSC)C(=O)O. The van der Waals surface area contributed by atoms with Gasteiger partial charge in [-0.25, -0.2) is 9.59 Å². The molecule has 11 nitrogen and oxygen atoms in total. The summed E-state index contributed by atoms with van der Waals surface area (Å²) >= 11 is 2.48. The Morgan fingerprint density at radius 1 is 1.10 bits per heavy atom. The molecule has 0 bridgehead atoms. The van der Waals surface area contributed by atoms with Gasteiger partial charge in [0.05, 0.1) is 5.88 Å². The van der Waals surface area contributed by atoms with E-state index >= 15 is 0 Å². The maximum atomic E-state index is 13.1. The quantitative estimate of drug-likeness (QED) is 0.176. The number of alkyl carbamates (subject to hydrolysis) is 1. The number of rotatable bonds is 14. The molecule has 3 N–H and O–H groups in total. The Kier molecular flexibility index (Phi) is 14.2. The fourth-order valence-corrected chi connectivity index (χ4v) is 3.89. The summed E-state index contributed by atoms with van der Waals surface area (Å²) in [6.07, 6.45) is 2.28. The minimum Gasteiger partial charge on any atom is -0.480 e. The van der Waals surface area contributed by atoms with Crippen LogP contribution in [0.15, 0.2) is 12.7 Å². The number of amides is 4. The molecular weight excluding hydrogens is 448 g/mol. The van der Waals surface area contributed by atoms with Crippen molar-refractivity contribution in [2.45, 2.75) is 19.0 Å². The highest BCUT2D eigenvalue weighted by Gasteiger charge is 2.34. The molecule has 0 aromatic rings. The first kappa shape index (κ1) is 28.6. The predicted octanol–water partition coefficient (Wildman–Crippen LogP) is -0.173. The van der Waals surface area contributed by atoms with Crippen LogP contribution in [0.25, 0.3) is 0 Å². The average molecular weight is 479 g/mol. The van der Waals surface area contributed by atoms with E-state index in [0.717, 1.165) is 9.80 Å². The zero-order valence-corrected chi connectivity index (χ0v) is 19.7. The Balaban J connectivity index is 5.31. The Morgan fingerprint density at radius 3 is 2.26 bits per heavy atom. The van der Waals surface area contributed by atoms with E-state index in [1.807, 2.05) is 0 Å². The number of hydrogen-bond acceptors (Lipinski definition) is 8. The van der Waals surface area contributed by atoms with Gasteiger partial charge in [-0.05, 0) is 6.26 Å². The predicted molar refractivity (Wildman–Crippen MR) is 120 cm³/mol. The van der Waals surface area contributed by atoms with E-state index < -0.39 is 42.5 Å². The van der Waals surface area contributed by atoms with Crippen molar-refractivity contribution >= 4 is 53.3 Å². The molecule has 2 atom stereocenters. The minimum absolute atomic E-state index is 0.0203. The third-order valence-electron chi connectivity index (χ3n) is 3.99. The number of carbonyl (C=O) groups excluding carboxylic acids is 4. The number of carbonyl (C=O) groups is 5. The summed E-state index contributed by atoms with van der Waals surface area (Å²) in [6, 6.07) is -2.08. The Hall–Kier alpha value is -2.41. The van der Waals surface area contributed by atoms with Crippen LogP contribution >= 0.6 is 23.5 Å². The van der Waals surface area contributed by atoms with Crippen LogP contribution in [0, 0.1) is 0 Å². The molecule has 4 amide bonds. The molecule has 0 aliphatic rings. The van der Waals surface area contributed by atoms with E-state index in [2.05, 4.69) is 17.2 Å². The van der Waals surface area contributed by atoms with Gasteiger partial charge in [0.15, 0.2) is 0 Å². The van der Waals surface area contributed by atoms with Gasteiger partial charge < -0.3 is 30.3 Å². The van der Waals surface area contributed by atoms with E-state index in [1.54, 1.807) is 6.26 Å². The van der Waals surface area contributed by atoms with Crippen LogP contribution in [0.2, 0.25) is 0 Å². The van der Waals surface area contributed by atoms with Gasteiger partial charge >= 0.3 is 12.1 Å². The van der Waals surface area contributed by atoms with Gasteiger partial charge in [0.25, 0.3) is 0 Å². The van der Waals surface area contributed by atoms with Crippen molar-refractivity contribution < 1.29 is 33.8 Å². The second kappa shape index (κ2) is 15.4. The van der Waals surface area contributed by atoms with Crippen LogP contribution in [-0.4, -0.2) is 108 Å². The highest BCUT2D eigenvalue weighted by molar-refractivity contribution is 7.99. The number of carboxylic acids is 1. The van der Waals surface area contributed by atoms with Crippen molar-refractivity contribution in [1.29, 1.82) is 0 Å². The number of ether oxygens (including phenoxy) is 1. The van der Waals surface area contributed by atoms with Crippen LogP contribution < -0.4 is 10.6 Å². The monoisotopic (exact) mass is 478 g/mol. The molecular formula is C18H30N4O7S2. The number of nitrogens with one attached hydrogen (secondary N) is 2. The van der Waals surface area contributed by atoms with E-state index in [-0.39, 0.29) is 29.9 Å². The van der Waals surface area contributed by atoms with Crippen molar-refractivity contribution in [3.05, 3.63) is 12.7 Å². The number of carboxylic acid groups (broad SMARTS) is 1. The third kappa shape index (κ3) is 11.0. The summed E-state index contributed by atoms with van der Waals surface area (Å²) in [5.74, 6) is -2.04. The molecule has 0 aliphatic heterocycles. The average Bonchev–Trinajstić information content (AvgIpc) is 2.72. The second-order valence-electron chi connectivity index (χ2n) is 6.27. The molecule has 0 saturated heterocycles. The molecule has 0 spiro atoms. The zero-order valence-electron chi connectivity index (χ0n) is 18.1. The van der Waals surface area contributed by atoms with Crippen LogP contribution in [0.1, 0.15) is 6.92 Å². The van der Waals surface area contributed by atoms with Crippen molar-refractivity contribution in [3.8, 4) is 0 Å². The lowest BCUT2D eigenvalue weighted by atomic mass is 10.2. The minimum atomic E-state index is -1.16. The van der Waals surface area contributed by atoms with Crippen molar-refractivity contribution in [2.75, 3.05) is 50.9 Å². The lowest BCUT2D eigenvalue weighted by Crippen LogP contribution is -2.55. The van der Waals surface area contributed by atoms with Gasteiger partial charge in [0, 0.05) is 32.5 Å². The maximum absolute atomic E-state index is 13.1. The summed E-state index contributed by atoms with van der Waals surface area (Å²) in [7, 11) is 2.75. The summed E-state index contributed by atoms with van der Waals surface area (Å²) in [5.41, 5.74) is 0. The smallest absolute Gasteiger partial charge is 0.407 e. The molecule has 176 valence electrons. The molecule has 0 saturated carbocycles. The topological polar surface area (TPSA) is 145 Å². The summed E-state index contributed by atoms with van der Waals surface area (Å²) in [5, 5.41) is 14.3. The summed E-state index contributed by atoms with van der Waals surface area (Å²) < 4.78 is 4.73. The van der Waals surface area contributed by atoms with Gasteiger partial charge in [-0.1, -0.05) is 12.7 Å². The van der Waals surface area contributed by atoms with Crippen LogP contribution in [0.4, 0.5) is 4.79 Å². The molecule has 0 aromatic carbocycles. The van der Waals surface area contributed by atoms with Gasteiger partial charge in [0.1, 0.15) is 25.2 Å². The lowest BCUT2D eigenvalue weighted by Gasteiger charge is -2.33. The molecule has 0 aromatic heterocycles. The number of likely N-dealkylation sites (N-methyl/N-ethyl adjacent to an activating group) is 2. The van der Waals surface area contributed by atoms with Gasteiger partial charge in [-0.15, -0.1) is 11.8 Å². The van der Waals surface area contributed by atoms with Crippen molar-refractivity contribution in [1.82, 2.24) is 20.4 Å². The fraction of sp³-hybridized carbons (Fsp3) is 0.611. The molecule has 13 heteroatoms. The number of thioether (sulfide) groups is 2. The number of nitrogens with zero attached hydrogens (tertiary/aromatic N) is 2. The zero-order chi connectivity index (χ0) is 24.0. The largest absolute Gasteiger partial charge is 0.480 e. The highest BCUT2D eigenvalue weighted by Crippen LogP contribution is 2.14. The van der Waals surface area contributed by atoms with E-state index in [0.29, 0.717) is 0 Å². The Morgan fingerprint density at radius 2 is 1.74 bits per heavy atom. The normalized spacial score (nSPS) is 12.1. The standard InChI is InChI=1S/C18H30N4O7S2/c1-6-7-29-18(28)19-8-15(24)21(3)13(10-31-11-20-12(2)23)16(25)22(4)14(9-30-5)17(26)27/h6,13-14H,1,7-11H2,2-5H3,(H,19,28)(H,20,23)(H,26,27)/t13-,14-/m0/s1. The first-order valence-corrected chi connectivity index (χ1v) is 11.7. The van der Waals surface area contributed by atoms with Gasteiger partial charge in [-0.2, -0.15) is 11.8 Å². The molecule has 0 radical (unpaired) electrons. The molecule has 31 heavy (non-hydrogen) atoms. The molecule has 0 aliphatic carbocycles. The molecule has 0 heterocycles. The lowest BCUT2D eigenvalue weighted by molar-refractivity contribution is -0.151. The summed E-state index contributed by atoms with van der Waals surface area (Å²) in [6.45, 7) is 4.32. The number of aliphatic carboxylic acids is 1. The summed E-state index contributed by atoms with van der Waals surface area (Å²) in [4.78, 5) is 61.9. The number of hydrogen-bond donors (Lipinski definition) is 3. The molecule has 0 unspecified atom stereocenters. The maximum Gasteiger partial charge on any atom is 0.407 e. The van der Waals surface area contributed by atoms with Crippen molar-refractivity contribution in [2.24, 2.45) is 0 Å². The third-order valence-corrected chi connectivity index (χ3v) is 5.53. The van der Waals surface area contributed by atoms with Crippen LogP contribution in [0.3, 0.4) is 0 Å². The Bertz CT molecular complexity index is 663. The highest BCUT2D eigenvalue weighted by atomic mass is 32.2. The molecule has 0 rings (SSSR count). The van der Waals surface area contributed by atoms with Gasteiger partial charge in [-0.3, -0.25) is 14.4 Å². The second-order valence-corrected chi connectivity index (χ2v) is 8.21. The van der Waals surface area contributed by atoms with Crippen molar-refractivity contribution in [3.63, 3.8) is 0 Å².